The summed E-state index contributed by atoms with van der Waals surface area (Å²) in [7, 11) is -3.82. The molecule has 1 aromatic carbocycles. The first-order valence-corrected chi connectivity index (χ1v) is 10.1. The summed E-state index contributed by atoms with van der Waals surface area (Å²) in [5.74, 6) is 1.26. The Morgan fingerprint density at radius 3 is 2.65 bits per heavy atom. The molecule has 0 radical (unpaired) electrons. The Morgan fingerprint density at radius 1 is 1.19 bits per heavy atom. The minimum absolute atomic E-state index is 0.0232. The van der Waals surface area contributed by atoms with Crippen LogP contribution in [0.1, 0.15) is 36.3 Å². The van der Waals surface area contributed by atoms with Gasteiger partial charge in [-0.05, 0) is 38.3 Å². The summed E-state index contributed by atoms with van der Waals surface area (Å²) in [4.78, 5) is 11.0. The number of hydrogen-bond acceptors (Lipinski definition) is 6. The summed E-state index contributed by atoms with van der Waals surface area (Å²) in [6, 6.07) is 9.94. The molecule has 8 heteroatoms. The van der Waals surface area contributed by atoms with E-state index in [4.69, 9.17) is 5.26 Å². The molecule has 0 spiro atoms. The first-order valence-electron chi connectivity index (χ1n) is 8.58. The highest BCUT2D eigenvalue weighted by Crippen LogP contribution is 2.19. The van der Waals surface area contributed by atoms with Crippen molar-refractivity contribution in [2.45, 2.75) is 37.6 Å². The molecular weight excluding hydrogens is 350 g/mol. The Bertz CT molecular complexity index is 931. The van der Waals surface area contributed by atoms with Gasteiger partial charge in [-0.3, -0.25) is 0 Å². The Kier molecular flexibility index (Phi) is 5.49. The van der Waals surface area contributed by atoms with Crippen molar-refractivity contribution in [1.29, 1.82) is 5.26 Å². The first-order chi connectivity index (χ1) is 12.5. The fourth-order valence-electron chi connectivity index (χ4n) is 3.01. The molecule has 2 heterocycles. The highest BCUT2D eigenvalue weighted by Gasteiger charge is 2.19. The highest BCUT2D eigenvalue weighted by atomic mass is 32.2. The number of benzene rings is 1. The van der Waals surface area contributed by atoms with E-state index in [0.717, 1.165) is 37.4 Å². The van der Waals surface area contributed by atoms with E-state index in [-0.39, 0.29) is 17.0 Å². The van der Waals surface area contributed by atoms with Gasteiger partial charge in [0.1, 0.15) is 17.7 Å². The van der Waals surface area contributed by atoms with E-state index in [2.05, 4.69) is 19.6 Å². The molecule has 26 heavy (non-hydrogen) atoms. The minimum atomic E-state index is -3.82. The predicted molar refractivity (Wildman–Crippen MR) is 98.0 cm³/mol. The smallest absolute Gasteiger partial charge is 0.242 e. The van der Waals surface area contributed by atoms with E-state index < -0.39 is 10.0 Å². The van der Waals surface area contributed by atoms with Crippen LogP contribution in [-0.4, -0.2) is 31.5 Å². The van der Waals surface area contributed by atoms with Crippen LogP contribution in [0.15, 0.2) is 35.2 Å². The van der Waals surface area contributed by atoms with Gasteiger partial charge in [-0.25, -0.2) is 23.1 Å². The molecule has 136 valence electrons. The summed E-state index contributed by atoms with van der Waals surface area (Å²) < 4.78 is 27.6. The van der Waals surface area contributed by atoms with Gasteiger partial charge in [-0.1, -0.05) is 12.1 Å². The number of sulfonamides is 1. The van der Waals surface area contributed by atoms with Crippen LogP contribution in [0, 0.1) is 18.3 Å². The quantitative estimate of drug-likeness (QED) is 0.864. The van der Waals surface area contributed by atoms with E-state index in [1.165, 1.54) is 18.6 Å². The van der Waals surface area contributed by atoms with E-state index in [1.54, 1.807) is 12.1 Å². The predicted octanol–water partition coefficient (Wildman–Crippen LogP) is 2.13. The van der Waals surface area contributed by atoms with Crippen LogP contribution >= 0.6 is 0 Å². The number of hydrogen-bond donors (Lipinski definition) is 1. The lowest BCUT2D eigenvalue weighted by Crippen LogP contribution is -2.31. The van der Waals surface area contributed by atoms with Gasteiger partial charge in [0.25, 0.3) is 0 Å². The zero-order valence-electron chi connectivity index (χ0n) is 14.6. The van der Waals surface area contributed by atoms with Gasteiger partial charge < -0.3 is 4.90 Å². The molecule has 0 bridgehead atoms. The lowest BCUT2D eigenvalue weighted by Gasteiger charge is -2.28. The van der Waals surface area contributed by atoms with Crippen molar-refractivity contribution in [3.05, 3.63) is 47.4 Å². The molecule has 1 N–H and O–H groups in total. The second-order valence-corrected chi connectivity index (χ2v) is 8.00. The molecule has 3 rings (SSSR count). The number of aryl methyl sites for hydroxylation is 1. The third-order valence-electron chi connectivity index (χ3n) is 4.28. The number of nitrogens with one attached hydrogen (secondary N) is 1. The van der Waals surface area contributed by atoms with Crippen molar-refractivity contribution in [3.63, 3.8) is 0 Å². The number of nitrogens with zero attached hydrogens (tertiary/aromatic N) is 4. The highest BCUT2D eigenvalue weighted by molar-refractivity contribution is 7.89. The molecule has 0 saturated carbocycles. The monoisotopic (exact) mass is 371 g/mol. The molecule has 0 atom stereocenters. The van der Waals surface area contributed by atoms with Crippen molar-refractivity contribution in [3.8, 4) is 6.07 Å². The molecule has 2 aromatic rings. The maximum absolute atomic E-state index is 12.5. The van der Waals surface area contributed by atoms with Gasteiger partial charge in [-0.2, -0.15) is 5.26 Å². The van der Waals surface area contributed by atoms with Gasteiger partial charge in [-0.15, -0.1) is 0 Å². The maximum Gasteiger partial charge on any atom is 0.242 e. The van der Waals surface area contributed by atoms with E-state index in [1.807, 2.05) is 19.1 Å². The second kappa shape index (κ2) is 7.81. The number of rotatable bonds is 5. The molecule has 0 aliphatic carbocycles. The SMILES string of the molecule is Cc1cc(N2CCCCC2)nc(CNS(=O)(=O)c2ccccc2C#N)n1. The normalized spacial score (nSPS) is 14.8. The molecular formula is C18H21N5O2S. The van der Waals surface area contributed by atoms with E-state index >= 15 is 0 Å². The number of nitriles is 1. The van der Waals surface area contributed by atoms with Gasteiger partial charge in [0.05, 0.1) is 17.0 Å². The van der Waals surface area contributed by atoms with Gasteiger partial charge in [0, 0.05) is 24.8 Å². The number of aromatic nitrogens is 2. The molecule has 1 aromatic heterocycles. The van der Waals surface area contributed by atoms with Crippen LogP contribution in [0.5, 0.6) is 0 Å². The average Bonchev–Trinajstić information content (AvgIpc) is 2.67. The zero-order valence-corrected chi connectivity index (χ0v) is 15.5. The van der Waals surface area contributed by atoms with Crippen LogP contribution in [0.4, 0.5) is 5.82 Å². The Morgan fingerprint density at radius 2 is 1.92 bits per heavy atom. The molecule has 1 aliphatic heterocycles. The fourth-order valence-corrected chi connectivity index (χ4v) is 4.14. The molecule has 0 amide bonds. The van der Waals surface area contributed by atoms with Crippen molar-refractivity contribution in [2.24, 2.45) is 0 Å². The standard InChI is InChI=1S/C18H21N5O2S/c1-14-11-18(23-9-5-2-6-10-23)22-17(21-14)13-20-26(24,25)16-8-4-3-7-15(16)12-19/h3-4,7-8,11,20H,2,5-6,9-10,13H2,1H3. The lowest BCUT2D eigenvalue weighted by atomic mass is 10.1. The van der Waals surface area contributed by atoms with Gasteiger partial charge in [0.15, 0.2) is 0 Å². The second-order valence-electron chi connectivity index (χ2n) is 6.26. The number of anilines is 1. The minimum Gasteiger partial charge on any atom is -0.357 e. The summed E-state index contributed by atoms with van der Waals surface area (Å²) in [6.45, 7) is 3.76. The largest absolute Gasteiger partial charge is 0.357 e. The third-order valence-corrected chi connectivity index (χ3v) is 5.74. The summed E-state index contributed by atoms with van der Waals surface area (Å²) >= 11 is 0. The zero-order chi connectivity index (χ0) is 18.6. The number of piperidine rings is 1. The van der Waals surface area contributed by atoms with Crippen molar-refractivity contribution in [1.82, 2.24) is 14.7 Å². The summed E-state index contributed by atoms with van der Waals surface area (Å²) in [5.41, 5.74) is 0.909. The van der Waals surface area contributed by atoms with Crippen LogP contribution < -0.4 is 9.62 Å². The third kappa shape index (κ3) is 4.18. The molecule has 0 unspecified atom stereocenters. The molecule has 1 aliphatic rings. The van der Waals surface area contributed by atoms with Gasteiger partial charge in [0.2, 0.25) is 10.0 Å². The van der Waals surface area contributed by atoms with Crippen LogP contribution in [0.2, 0.25) is 0 Å². The Hall–Kier alpha value is -2.50. The molecule has 1 saturated heterocycles. The maximum atomic E-state index is 12.5. The topological polar surface area (TPSA) is 99.0 Å². The van der Waals surface area contributed by atoms with Crippen molar-refractivity contribution >= 4 is 15.8 Å². The fraction of sp³-hybridized carbons (Fsp3) is 0.389. The average molecular weight is 371 g/mol. The summed E-state index contributed by atoms with van der Waals surface area (Å²) in [6.07, 6.45) is 3.50. The Balaban J connectivity index is 1.79. The van der Waals surface area contributed by atoms with Crippen LogP contribution in [0.25, 0.3) is 0 Å². The lowest BCUT2D eigenvalue weighted by molar-refractivity contribution is 0.569. The molecule has 7 nitrogen and oxygen atoms in total. The Labute approximate surface area is 153 Å². The van der Waals surface area contributed by atoms with Crippen LogP contribution in [0.3, 0.4) is 0 Å². The van der Waals surface area contributed by atoms with E-state index in [0.29, 0.717) is 5.82 Å². The van der Waals surface area contributed by atoms with E-state index in [9.17, 15) is 8.42 Å². The van der Waals surface area contributed by atoms with Crippen LogP contribution in [-0.2, 0) is 16.6 Å². The summed E-state index contributed by atoms with van der Waals surface area (Å²) in [5, 5.41) is 9.11. The first kappa shape index (κ1) is 18.3. The van der Waals surface area contributed by atoms with Gasteiger partial charge >= 0.3 is 0 Å². The van der Waals surface area contributed by atoms with Crippen molar-refractivity contribution < 1.29 is 8.42 Å². The molecule has 1 fully saturated rings. The van der Waals surface area contributed by atoms with Crippen molar-refractivity contribution in [2.75, 3.05) is 18.0 Å².